The zero-order valence-corrected chi connectivity index (χ0v) is 24.1. The molecule has 9 nitrogen and oxygen atoms in total. The third-order valence-corrected chi connectivity index (χ3v) is 7.91. The number of aromatic nitrogens is 1. The number of carbonyl (C=O) groups excluding carboxylic acids is 2. The fraction of sp³-hybridized carbons (Fsp3) is 0.433. The number of nitrogens with one attached hydrogen (secondary N) is 1. The number of carbonyl (C=O) groups is 2. The summed E-state index contributed by atoms with van der Waals surface area (Å²) < 4.78 is 31.5. The van der Waals surface area contributed by atoms with Gasteiger partial charge in [0.25, 0.3) is 5.91 Å². The third-order valence-electron chi connectivity index (χ3n) is 7.67. The molecule has 0 radical (unpaired) electrons. The zero-order valence-electron chi connectivity index (χ0n) is 23.4. The fourth-order valence-corrected chi connectivity index (χ4v) is 5.56. The lowest BCUT2D eigenvalue weighted by Crippen LogP contribution is -2.40. The monoisotopic (exact) mass is 584 g/mol. The van der Waals surface area contributed by atoms with Gasteiger partial charge < -0.3 is 24.2 Å². The Morgan fingerprint density at radius 1 is 1.17 bits per heavy atom. The normalized spacial score (nSPS) is 20.0. The molecule has 2 aliphatic rings. The van der Waals surface area contributed by atoms with Crippen molar-refractivity contribution in [2.45, 2.75) is 32.2 Å². The molecule has 1 fully saturated rings. The molecule has 1 saturated heterocycles. The summed E-state index contributed by atoms with van der Waals surface area (Å²) in [5.41, 5.74) is 1.56. The Morgan fingerprint density at radius 3 is 2.73 bits per heavy atom. The SMILES string of the molecule is COc1ccc2cc1OCCN(Cc1cc(Cl)ccc1F)CCNC(=O)[C@H]1CN(C(=O)c3cc(C(C)C)on3)C[C@H]21. The maximum atomic E-state index is 14.5. The number of methoxy groups -OCH3 is 1. The van der Waals surface area contributed by atoms with Crippen LogP contribution in [0.25, 0.3) is 0 Å². The molecule has 2 bridgehead atoms. The molecule has 2 amide bonds. The summed E-state index contributed by atoms with van der Waals surface area (Å²) in [5.74, 6) is 0.306. The number of rotatable bonds is 5. The van der Waals surface area contributed by atoms with E-state index in [9.17, 15) is 14.0 Å². The van der Waals surface area contributed by atoms with Gasteiger partial charge in [-0.1, -0.05) is 36.7 Å². The van der Waals surface area contributed by atoms with Gasteiger partial charge in [-0.15, -0.1) is 0 Å². The molecule has 0 aliphatic carbocycles. The molecule has 5 rings (SSSR count). The topological polar surface area (TPSA) is 97.1 Å². The Kier molecular flexibility index (Phi) is 8.79. The molecule has 1 N–H and O–H groups in total. The Hall–Kier alpha value is -3.63. The van der Waals surface area contributed by atoms with Crippen molar-refractivity contribution in [2.24, 2.45) is 5.92 Å². The number of halogens is 2. The van der Waals surface area contributed by atoms with E-state index in [1.54, 1.807) is 24.1 Å². The second kappa shape index (κ2) is 12.5. The van der Waals surface area contributed by atoms with Gasteiger partial charge in [-0.2, -0.15) is 0 Å². The smallest absolute Gasteiger partial charge is 0.276 e. The van der Waals surface area contributed by atoms with Gasteiger partial charge in [-0.05, 0) is 35.9 Å². The van der Waals surface area contributed by atoms with Crippen molar-refractivity contribution in [3.63, 3.8) is 0 Å². The van der Waals surface area contributed by atoms with Gasteiger partial charge in [0.2, 0.25) is 5.91 Å². The van der Waals surface area contributed by atoms with E-state index >= 15 is 0 Å². The molecule has 11 heteroatoms. The minimum Gasteiger partial charge on any atom is -0.493 e. The van der Waals surface area contributed by atoms with E-state index in [1.807, 2.05) is 36.9 Å². The number of amides is 2. The standard InChI is InChI=1S/C30H34ClFN4O5/c1-18(2)27-14-25(34-41-27)30(38)36-16-22-19-4-7-26(39-3)28(13-19)40-11-10-35(9-8-33-29(37)23(22)17-36)15-20-12-21(31)5-6-24(20)32/h4-7,12-14,18,22-23H,8-11,15-17H2,1-3H3,(H,33,37)/t22-,23+/m1/s1. The van der Waals surface area contributed by atoms with Gasteiger partial charge in [-0.3, -0.25) is 14.5 Å². The minimum absolute atomic E-state index is 0.0973. The van der Waals surface area contributed by atoms with Crippen LogP contribution in [0.2, 0.25) is 5.02 Å². The largest absolute Gasteiger partial charge is 0.493 e. The number of hydrogen-bond acceptors (Lipinski definition) is 7. The summed E-state index contributed by atoms with van der Waals surface area (Å²) in [4.78, 5) is 30.6. The first kappa shape index (κ1) is 28.9. The summed E-state index contributed by atoms with van der Waals surface area (Å²) in [5, 5.41) is 7.48. The lowest BCUT2D eigenvalue weighted by atomic mass is 9.88. The number of benzene rings is 2. The lowest BCUT2D eigenvalue weighted by molar-refractivity contribution is -0.125. The molecule has 41 heavy (non-hydrogen) atoms. The van der Waals surface area contributed by atoms with Crippen molar-refractivity contribution in [1.82, 2.24) is 20.3 Å². The Balaban J connectivity index is 1.40. The predicted molar refractivity (Wildman–Crippen MR) is 151 cm³/mol. The number of fused-ring (bicyclic) bond motifs is 4. The summed E-state index contributed by atoms with van der Waals surface area (Å²) in [7, 11) is 1.57. The molecule has 2 aliphatic heterocycles. The third kappa shape index (κ3) is 6.49. The molecule has 0 saturated carbocycles. The summed E-state index contributed by atoms with van der Waals surface area (Å²) in [6.07, 6.45) is 0. The van der Waals surface area contributed by atoms with Crippen molar-refractivity contribution >= 4 is 23.4 Å². The highest BCUT2D eigenvalue weighted by molar-refractivity contribution is 6.30. The summed E-state index contributed by atoms with van der Waals surface area (Å²) in [6.45, 7) is 6.42. The second-order valence-corrected chi connectivity index (χ2v) is 11.2. The van der Waals surface area contributed by atoms with Gasteiger partial charge in [0.05, 0.1) is 13.0 Å². The summed E-state index contributed by atoms with van der Waals surface area (Å²) in [6, 6.07) is 11.7. The average Bonchev–Trinajstić information content (AvgIpc) is 3.63. The molecule has 3 aromatic rings. The average molecular weight is 585 g/mol. The van der Waals surface area contributed by atoms with Crippen LogP contribution >= 0.6 is 11.6 Å². The molecule has 2 atom stereocenters. The Morgan fingerprint density at radius 2 is 1.98 bits per heavy atom. The highest BCUT2D eigenvalue weighted by Crippen LogP contribution is 2.38. The predicted octanol–water partition coefficient (Wildman–Crippen LogP) is 4.47. The van der Waals surface area contributed by atoms with E-state index in [-0.39, 0.29) is 41.7 Å². The maximum Gasteiger partial charge on any atom is 0.276 e. The van der Waals surface area contributed by atoms with Crippen LogP contribution in [-0.4, -0.2) is 73.2 Å². The van der Waals surface area contributed by atoms with Crippen LogP contribution in [0.4, 0.5) is 4.39 Å². The van der Waals surface area contributed by atoms with Crippen LogP contribution in [0.3, 0.4) is 0 Å². The van der Waals surface area contributed by atoms with E-state index in [0.29, 0.717) is 67.2 Å². The van der Waals surface area contributed by atoms with Crippen LogP contribution in [0.1, 0.15) is 53.1 Å². The van der Waals surface area contributed by atoms with Crippen LogP contribution < -0.4 is 14.8 Å². The van der Waals surface area contributed by atoms with E-state index in [2.05, 4.69) is 10.5 Å². The first-order valence-electron chi connectivity index (χ1n) is 13.7. The maximum absolute atomic E-state index is 14.5. The molecule has 2 aromatic carbocycles. The van der Waals surface area contributed by atoms with Crippen LogP contribution in [0, 0.1) is 11.7 Å². The number of nitrogens with zero attached hydrogens (tertiary/aromatic N) is 3. The van der Waals surface area contributed by atoms with Crippen LogP contribution in [0.15, 0.2) is 47.0 Å². The Labute approximate surface area is 243 Å². The van der Waals surface area contributed by atoms with Crippen LogP contribution in [-0.2, 0) is 11.3 Å². The van der Waals surface area contributed by atoms with Gasteiger partial charge in [0, 0.05) is 67.8 Å². The number of ether oxygens (including phenoxy) is 2. The lowest BCUT2D eigenvalue weighted by Gasteiger charge is -2.23. The quantitative estimate of drug-likeness (QED) is 0.473. The molecule has 218 valence electrons. The van der Waals surface area contributed by atoms with Gasteiger partial charge in [0.1, 0.15) is 18.2 Å². The highest BCUT2D eigenvalue weighted by Gasteiger charge is 2.41. The van der Waals surface area contributed by atoms with E-state index in [0.717, 1.165) is 5.56 Å². The van der Waals surface area contributed by atoms with Crippen molar-refractivity contribution in [2.75, 3.05) is 46.4 Å². The van der Waals surface area contributed by atoms with Gasteiger partial charge >= 0.3 is 0 Å². The minimum atomic E-state index is -0.490. The van der Waals surface area contributed by atoms with Crippen molar-refractivity contribution < 1.29 is 28.0 Å². The van der Waals surface area contributed by atoms with E-state index < -0.39 is 5.92 Å². The highest BCUT2D eigenvalue weighted by atomic mass is 35.5. The zero-order chi connectivity index (χ0) is 29.1. The van der Waals surface area contributed by atoms with Gasteiger partial charge in [0.15, 0.2) is 17.2 Å². The van der Waals surface area contributed by atoms with E-state index in [4.69, 9.17) is 25.6 Å². The molecular weight excluding hydrogens is 551 g/mol. The first-order chi connectivity index (χ1) is 19.7. The first-order valence-corrected chi connectivity index (χ1v) is 14.1. The second-order valence-electron chi connectivity index (χ2n) is 10.8. The molecule has 0 unspecified atom stereocenters. The van der Waals surface area contributed by atoms with Crippen molar-refractivity contribution in [1.29, 1.82) is 0 Å². The fourth-order valence-electron chi connectivity index (χ4n) is 5.36. The molecule has 3 heterocycles. The Bertz CT molecular complexity index is 1410. The molecule has 1 aromatic heterocycles. The van der Waals surface area contributed by atoms with Crippen molar-refractivity contribution in [3.05, 3.63) is 75.9 Å². The van der Waals surface area contributed by atoms with Crippen LogP contribution in [0.5, 0.6) is 11.5 Å². The molecular formula is C30H34ClFN4O5. The van der Waals surface area contributed by atoms with Gasteiger partial charge in [-0.25, -0.2) is 4.39 Å². The van der Waals surface area contributed by atoms with Crippen molar-refractivity contribution in [3.8, 4) is 11.5 Å². The summed E-state index contributed by atoms with van der Waals surface area (Å²) >= 11 is 6.11. The number of hydrogen-bond donors (Lipinski definition) is 1. The van der Waals surface area contributed by atoms with E-state index in [1.165, 1.54) is 12.1 Å². The number of likely N-dealkylation sites (tertiary alicyclic amines) is 1. The molecule has 0 spiro atoms.